The standard InChI is InChI=1S/C14H17N7/c1-14(2,3)13-16-11(18-15)8-12(17-13)21-10-7-5-4-6-9(10)19-20-21/h4-8H,15H2,1-3H3,(H,16,17,18). The zero-order valence-corrected chi connectivity index (χ0v) is 12.2. The van der Waals surface area contributed by atoms with Crippen molar-refractivity contribution in [3.05, 3.63) is 36.2 Å². The number of nitrogens with one attached hydrogen (secondary N) is 1. The van der Waals surface area contributed by atoms with Gasteiger partial charge in [-0.25, -0.2) is 15.8 Å². The number of aromatic nitrogens is 5. The molecule has 0 aliphatic rings. The normalized spacial score (nSPS) is 11.8. The van der Waals surface area contributed by atoms with Crippen molar-refractivity contribution in [3.63, 3.8) is 0 Å². The fourth-order valence-corrected chi connectivity index (χ4v) is 1.99. The van der Waals surface area contributed by atoms with Gasteiger partial charge in [0.15, 0.2) is 5.82 Å². The third kappa shape index (κ3) is 2.43. The molecule has 3 N–H and O–H groups in total. The van der Waals surface area contributed by atoms with Crippen molar-refractivity contribution in [1.82, 2.24) is 25.0 Å². The molecule has 2 aromatic heterocycles. The third-order valence-corrected chi connectivity index (χ3v) is 3.10. The highest BCUT2D eigenvalue weighted by Gasteiger charge is 2.20. The van der Waals surface area contributed by atoms with Gasteiger partial charge in [0, 0.05) is 11.5 Å². The van der Waals surface area contributed by atoms with Crippen LogP contribution in [0.25, 0.3) is 16.9 Å². The fourth-order valence-electron chi connectivity index (χ4n) is 1.99. The monoisotopic (exact) mass is 283 g/mol. The van der Waals surface area contributed by atoms with E-state index in [4.69, 9.17) is 5.84 Å². The van der Waals surface area contributed by atoms with Crippen LogP contribution >= 0.6 is 0 Å². The summed E-state index contributed by atoms with van der Waals surface area (Å²) in [5.74, 6) is 7.38. The van der Waals surface area contributed by atoms with E-state index in [2.05, 4.69) is 25.7 Å². The first kappa shape index (κ1) is 13.4. The second-order valence-electron chi connectivity index (χ2n) is 5.82. The Kier molecular flexibility index (Phi) is 3.06. The summed E-state index contributed by atoms with van der Waals surface area (Å²) in [7, 11) is 0. The number of hydrogen-bond donors (Lipinski definition) is 2. The summed E-state index contributed by atoms with van der Waals surface area (Å²) in [6.07, 6.45) is 0. The zero-order chi connectivity index (χ0) is 15.0. The first-order chi connectivity index (χ1) is 9.99. The second-order valence-corrected chi connectivity index (χ2v) is 5.82. The van der Waals surface area contributed by atoms with E-state index in [0.29, 0.717) is 17.5 Å². The Hall–Kier alpha value is -2.54. The Morgan fingerprint density at radius 2 is 1.90 bits per heavy atom. The Bertz CT molecular complexity index is 785. The maximum atomic E-state index is 5.51. The van der Waals surface area contributed by atoms with Crippen LogP contribution in [0.5, 0.6) is 0 Å². The van der Waals surface area contributed by atoms with Gasteiger partial charge in [-0.15, -0.1) is 5.10 Å². The Balaban J connectivity index is 2.22. The first-order valence-electron chi connectivity index (χ1n) is 6.66. The Labute approximate surface area is 122 Å². The molecular weight excluding hydrogens is 266 g/mol. The molecule has 0 spiro atoms. The predicted molar refractivity (Wildman–Crippen MR) is 81.0 cm³/mol. The first-order valence-corrected chi connectivity index (χ1v) is 6.66. The number of benzene rings is 1. The van der Waals surface area contributed by atoms with Crippen molar-refractivity contribution in [3.8, 4) is 5.82 Å². The molecule has 0 aliphatic carbocycles. The van der Waals surface area contributed by atoms with Gasteiger partial charge in [-0.2, -0.15) is 4.68 Å². The Morgan fingerprint density at radius 3 is 2.62 bits per heavy atom. The van der Waals surface area contributed by atoms with Gasteiger partial charge in [0.1, 0.15) is 17.2 Å². The number of nitrogen functional groups attached to an aromatic ring is 1. The molecule has 0 saturated heterocycles. The lowest BCUT2D eigenvalue weighted by atomic mass is 9.96. The molecule has 0 amide bonds. The van der Waals surface area contributed by atoms with E-state index >= 15 is 0 Å². The Morgan fingerprint density at radius 1 is 1.14 bits per heavy atom. The molecule has 0 aliphatic heterocycles. The minimum absolute atomic E-state index is 0.196. The number of nitrogens with zero attached hydrogens (tertiary/aromatic N) is 5. The number of hydrazine groups is 1. The summed E-state index contributed by atoms with van der Waals surface area (Å²) >= 11 is 0. The van der Waals surface area contributed by atoms with E-state index in [1.807, 2.05) is 45.0 Å². The van der Waals surface area contributed by atoms with E-state index in [1.54, 1.807) is 10.7 Å². The van der Waals surface area contributed by atoms with Crippen molar-refractivity contribution in [2.24, 2.45) is 5.84 Å². The van der Waals surface area contributed by atoms with E-state index in [-0.39, 0.29) is 5.41 Å². The van der Waals surface area contributed by atoms with Gasteiger partial charge in [0.2, 0.25) is 0 Å². The number of hydrogen-bond acceptors (Lipinski definition) is 6. The smallest absolute Gasteiger partial charge is 0.161 e. The van der Waals surface area contributed by atoms with Gasteiger partial charge in [-0.3, -0.25) is 0 Å². The van der Waals surface area contributed by atoms with E-state index < -0.39 is 0 Å². The minimum Gasteiger partial charge on any atom is -0.308 e. The molecule has 0 unspecified atom stereocenters. The molecule has 0 bridgehead atoms. The molecule has 7 nitrogen and oxygen atoms in total. The van der Waals surface area contributed by atoms with Gasteiger partial charge in [0.05, 0.1) is 5.52 Å². The quantitative estimate of drug-likeness (QED) is 0.550. The maximum Gasteiger partial charge on any atom is 0.161 e. The number of para-hydroxylation sites is 1. The van der Waals surface area contributed by atoms with Crippen molar-refractivity contribution in [1.29, 1.82) is 0 Å². The number of fused-ring (bicyclic) bond motifs is 1. The van der Waals surface area contributed by atoms with Gasteiger partial charge < -0.3 is 5.43 Å². The van der Waals surface area contributed by atoms with Crippen LogP contribution in [0.4, 0.5) is 5.82 Å². The van der Waals surface area contributed by atoms with Crippen LogP contribution in [0.15, 0.2) is 30.3 Å². The topological polar surface area (TPSA) is 94.5 Å². The molecule has 108 valence electrons. The van der Waals surface area contributed by atoms with Crippen molar-refractivity contribution < 1.29 is 0 Å². The molecule has 0 saturated carbocycles. The molecule has 0 radical (unpaired) electrons. The number of anilines is 1. The molecule has 0 fully saturated rings. The van der Waals surface area contributed by atoms with Gasteiger partial charge in [-0.05, 0) is 12.1 Å². The summed E-state index contributed by atoms with van der Waals surface area (Å²) in [5.41, 5.74) is 4.08. The number of rotatable bonds is 2. The fraction of sp³-hybridized carbons (Fsp3) is 0.286. The van der Waals surface area contributed by atoms with Crippen LogP contribution in [0.3, 0.4) is 0 Å². The third-order valence-electron chi connectivity index (χ3n) is 3.10. The SMILES string of the molecule is CC(C)(C)c1nc(NN)cc(-n2nnc3ccccc32)n1. The lowest BCUT2D eigenvalue weighted by molar-refractivity contribution is 0.542. The summed E-state index contributed by atoms with van der Waals surface area (Å²) in [4.78, 5) is 9.00. The highest BCUT2D eigenvalue weighted by atomic mass is 15.4. The lowest BCUT2D eigenvalue weighted by Gasteiger charge is -2.18. The van der Waals surface area contributed by atoms with Crippen molar-refractivity contribution in [2.75, 3.05) is 5.43 Å². The molecule has 7 heteroatoms. The summed E-state index contributed by atoms with van der Waals surface area (Å²) in [6, 6.07) is 9.47. The minimum atomic E-state index is -0.196. The van der Waals surface area contributed by atoms with Crippen LogP contribution < -0.4 is 11.3 Å². The summed E-state index contributed by atoms with van der Waals surface area (Å²) in [6.45, 7) is 6.14. The predicted octanol–water partition coefficient (Wildman–Crippen LogP) is 1.79. The van der Waals surface area contributed by atoms with Crippen molar-refractivity contribution in [2.45, 2.75) is 26.2 Å². The second kappa shape index (κ2) is 4.78. The lowest BCUT2D eigenvalue weighted by Crippen LogP contribution is -2.20. The molecular formula is C14H17N7. The molecule has 2 heterocycles. The van der Waals surface area contributed by atoms with Crippen LogP contribution in [0.1, 0.15) is 26.6 Å². The van der Waals surface area contributed by atoms with E-state index in [0.717, 1.165) is 11.0 Å². The highest BCUT2D eigenvalue weighted by Crippen LogP contribution is 2.22. The average molecular weight is 283 g/mol. The van der Waals surface area contributed by atoms with Crippen LogP contribution in [-0.2, 0) is 5.41 Å². The zero-order valence-electron chi connectivity index (χ0n) is 12.2. The highest BCUT2D eigenvalue weighted by molar-refractivity contribution is 5.75. The molecule has 21 heavy (non-hydrogen) atoms. The molecule has 1 aromatic carbocycles. The number of nitrogens with two attached hydrogens (primary N) is 1. The molecule has 0 atom stereocenters. The van der Waals surface area contributed by atoms with Gasteiger partial charge in [-0.1, -0.05) is 38.1 Å². The molecule has 3 aromatic rings. The van der Waals surface area contributed by atoms with Gasteiger partial charge in [0.25, 0.3) is 0 Å². The maximum absolute atomic E-state index is 5.51. The van der Waals surface area contributed by atoms with E-state index in [1.165, 1.54) is 0 Å². The van der Waals surface area contributed by atoms with Crippen LogP contribution in [-0.4, -0.2) is 25.0 Å². The van der Waals surface area contributed by atoms with Crippen LogP contribution in [0.2, 0.25) is 0 Å². The summed E-state index contributed by atoms with van der Waals surface area (Å²) in [5, 5.41) is 8.32. The van der Waals surface area contributed by atoms with Crippen LogP contribution in [0, 0.1) is 0 Å². The van der Waals surface area contributed by atoms with Gasteiger partial charge >= 0.3 is 0 Å². The largest absolute Gasteiger partial charge is 0.308 e. The van der Waals surface area contributed by atoms with Crippen molar-refractivity contribution >= 4 is 16.9 Å². The summed E-state index contributed by atoms with van der Waals surface area (Å²) < 4.78 is 1.69. The van der Waals surface area contributed by atoms with E-state index in [9.17, 15) is 0 Å². The molecule has 3 rings (SSSR count). The average Bonchev–Trinajstić information content (AvgIpc) is 2.89.